The fraction of sp³-hybridized carbons (Fsp3) is 0.500. The number of rotatable bonds is 1. The maximum absolute atomic E-state index is 3.74. The second-order valence-corrected chi connectivity index (χ2v) is 6.30. The summed E-state index contributed by atoms with van der Waals surface area (Å²) in [5.74, 6) is 0.745. The molecular formula is C12H14Br2. The van der Waals surface area contributed by atoms with Crippen LogP contribution in [0.15, 0.2) is 30.3 Å². The highest BCUT2D eigenvalue weighted by Gasteiger charge is 2.27. The standard InChI is InChI=1S/C12H14Br2/c13-11-7-6-10(8-12(11)14)9-4-2-1-3-5-9/h1-5,10-12H,6-8H2/t10-,11+,12+/m1/s1. The van der Waals surface area contributed by atoms with Gasteiger partial charge in [-0.1, -0.05) is 62.2 Å². The van der Waals surface area contributed by atoms with Crippen molar-refractivity contribution in [1.82, 2.24) is 0 Å². The third kappa shape index (κ3) is 2.40. The lowest BCUT2D eigenvalue weighted by Gasteiger charge is -2.30. The van der Waals surface area contributed by atoms with E-state index in [0.717, 1.165) is 5.92 Å². The van der Waals surface area contributed by atoms with Crippen molar-refractivity contribution in [1.29, 1.82) is 0 Å². The van der Waals surface area contributed by atoms with Gasteiger partial charge in [0.05, 0.1) is 0 Å². The first-order chi connectivity index (χ1) is 6.77. The van der Waals surface area contributed by atoms with E-state index in [1.165, 1.54) is 24.8 Å². The Morgan fingerprint density at radius 2 is 1.64 bits per heavy atom. The lowest BCUT2D eigenvalue weighted by atomic mass is 9.84. The van der Waals surface area contributed by atoms with Gasteiger partial charge < -0.3 is 0 Å². The Balaban J connectivity index is 2.07. The molecule has 3 atom stereocenters. The third-order valence-corrected chi connectivity index (χ3v) is 5.78. The molecule has 0 spiro atoms. The first kappa shape index (κ1) is 10.7. The number of alkyl halides is 2. The van der Waals surface area contributed by atoms with E-state index in [2.05, 4.69) is 62.2 Å². The van der Waals surface area contributed by atoms with Crippen LogP contribution in [0.2, 0.25) is 0 Å². The summed E-state index contributed by atoms with van der Waals surface area (Å²) in [5, 5.41) is 0. The Morgan fingerprint density at radius 3 is 2.29 bits per heavy atom. The van der Waals surface area contributed by atoms with Crippen LogP contribution in [-0.4, -0.2) is 9.65 Å². The average Bonchev–Trinajstić information content (AvgIpc) is 2.23. The fourth-order valence-corrected chi connectivity index (χ4v) is 3.30. The second-order valence-electron chi connectivity index (χ2n) is 3.95. The molecule has 0 aliphatic heterocycles. The SMILES string of the molecule is Br[C@H]1CC[C@@H](c2ccccc2)C[C@@H]1Br. The summed E-state index contributed by atoms with van der Waals surface area (Å²) >= 11 is 7.45. The van der Waals surface area contributed by atoms with Gasteiger partial charge in [0.2, 0.25) is 0 Å². The molecule has 0 amide bonds. The highest BCUT2D eigenvalue weighted by Crippen LogP contribution is 2.38. The number of benzene rings is 1. The minimum Gasteiger partial charge on any atom is -0.0879 e. The van der Waals surface area contributed by atoms with Gasteiger partial charge in [-0.05, 0) is 30.7 Å². The van der Waals surface area contributed by atoms with Crippen molar-refractivity contribution in [2.45, 2.75) is 34.8 Å². The first-order valence-corrected chi connectivity index (χ1v) is 6.93. The van der Waals surface area contributed by atoms with Gasteiger partial charge in [0, 0.05) is 9.65 Å². The van der Waals surface area contributed by atoms with Crippen molar-refractivity contribution in [3.8, 4) is 0 Å². The van der Waals surface area contributed by atoms with E-state index in [-0.39, 0.29) is 0 Å². The zero-order chi connectivity index (χ0) is 9.97. The molecule has 0 unspecified atom stereocenters. The van der Waals surface area contributed by atoms with Crippen LogP contribution < -0.4 is 0 Å². The van der Waals surface area contributed by atoms with Gasteiger partial charge >= 0.3 is 0 Å². The van der Waals surface area contributed by atoms with Gasteiger partial charge in [0.1, 0.15) is 0 Å². The van der Waals surface area contributed by atoms with Gasteiger partial charge in [-0.2, -0.15) is 0 Å². The summed E-state index contributed by atoms with van der Waals surface area (Å²) in [6.45, 7) is 0. The maximum atomic E-state index is 3.74. The molecule has 2 heteroatoms. The summed E-state index contributed by atoms with van der Waals surface area (Å²) < 4.78 is 0. The molecule has 0 nitrogen and oxygen atoms in total. The second kappa shape index (κ2) is 4.80. The molecule has 0 saturated heterocycles. The number of hydrogen-bond acceptors (Lipinski definition) is 0. The van der Waals surface area contributed by atoms with Gasteiger partial charge in [-0.25, -0.2) is 0 Å². The molecule has 1 fully saturated rings. The first-order valence-electron chi connectivity index (χ1n) is 5.10. The van der Waals surface area contributed by atoms with Crippen LogP contribution in [0.1, 0.15) is 30.7 Å². The van der Waals surface area contributed by atoms with Crippen molar-refractivity contribution < 1.29 is 0 Å². The minimum absolute atomic E-state index is 0.626. The summed E-state index contributed by atoms with van der Waals surface area (Å²) in [5.41, 5.74) is 1.50. The van der Waals surface area contributed by atoms with Crippen LogP contribution in [0, 0.1) is 0 Å². The van der Waals surface area contributed by atoms with Crippen molar-refractivity contribution in [2.24, 2.45) is 0 Å². The molecular weight excluding hydrogens is 304 g/mol. The fourth-order valence-electron chi connectivity index (χ4n) is 2.11. The zero-order valence-corrected chi connectivity index (χ0v) is 11.2. The van der Waals surface area contributed by atoms with E-state index < -0.39 is 0 Å². The maximum Gasteiger partial charge on any atom is 0.0276 e. The molecule has 0 radical (unpaired) electrons. The summed E-state index contributed by atoms with van der Waals surface area (Å²) in [6, 6.07) is 10.9. The lowest BCUT2D eigenvalue weighted by molar-refractivity contribution is 0.471. The van der Waals surface area contributed by atoms with Crippen LogP contribution in [0.25, 0.3) is 0 Å². The topological polar surface area (TPSA) is 0 Å². The number of hydrogen-bond donors (Lipinski definition) is 0. The lowest BCUT2D eigenvalue weighted by Crippen LogP contribution is -2.23. The quantitative estimate of drug-likeness (QED) is 0.670. The Hall–Kier alpha value is 0.180. The minimum atomic E-state index is 0.626. The summed E-state index contributed by atoms with van der Waals surface area (Å²) in [4.78, 5) is 1.28. The smallest absolute Gasteiger partial charge is 0.0276 e. The predicted octanol–water partition coefficient (Wildman–Crippen LogP) is 4.48. The van der Waals surface area contributed by atoms with Crippen LogP contribution in [0.4, 0.5) is 0 Å². The van der Waals surface area contributed by atoms with Crippen LogP contribution >= 0.6 is 31.9 Å². The van der Waals surface area contributed by atoms with E-state index in [1.54, 1.807) is 0 Å². The van der Waals surface area contributed by atoms with E-state index in [0.29, 0.717) is 9.65 Å². The molecule has 76 valence electrons. The number of halogens is 2. The van der Waals surface area contributed by atoms with E-state index in [9.17, 15) is 0 Å². The molecule has 0 N–H and O–H groups in total. The summed E-state index contributed by atoms with van der Waals surface area (Å²) in [7, 11) is 0. The molecule has 1 aliphatic carbocycles. The van der Waals surface area contributed by atoms with Gasteiger partial charge in [-0.3, -0.25) is 0 Å². The average molecular weight is 318 g/mol. The highest BCUT2D eigenvalue weighted by atomic mass is 79.9. The molecule has 1 aliphatic rings. The van der Waals surface area contributed by atoms with E-state index in [4.69, 9.17) is 0 Å². The van der Waals surface area contributed by atoms with Gasteiger partial charge in [-0.15, -0.1) is 0 Å². The molecule has 2 rings (SSSR count). The van der Waals surface area contributed by atoms with Crippen molar-refractivity contribution in [3.05, 3.63) is 35.9 Å². The highest BCUT2D eigenvalue weighted by molar-refractivity contribution is 9.12. The largest absolute Gasteiger partial charge is 0.0879 e. The Labute approximate surface area is 102 Å². The molecule has 0 aromatic heterocycles. The Morgan fingerprint density at radius 1 is 0.929 bits per heavy atom. The van der Waals surface area contributed by atoms with Gasteiger partial charge in [0.25, 0.3) is 0 Å². The predicted molar refractivity (Wildman–Crippen MR) is 68.5 cm³/mol. The molecule has 1 aromatic rings. The summed E-state index contributed by atoms with van der Waals surface area (Å²) in [6.07, 6.45) is 3.83. The van der Waals surface area contributed by atoms with Crippen LogP contribution in [-0.2, 0) is 0 Å². The third-order valence-electron chi connectivity index (χ3n) is 2.96. The monoisotopic (exact) mass is 316 g/mol. The molecule has 0 bridgehead atoms. The molecule has 1 saturated carbocycles. The van der Waals surface area contributed by atoms with Crippen molar-refractivity contribution in [3.63, 3.8) is 0 Å². The molecule has 0 heterocycles. The van der Waals surface area contributed by atoms with E-state index in [1.807, 2.05) is 0 Å². The van der Waals surface area contributed by atoms with E-state index >= 15 is 0 Å². The zero-order valence-electron chi connectivity index (χ0n) is 8.00. The van der Waals surface area contributed by atoms with Crippen LogP contribution in [0.5, 0.6) is 0 Å². The van der Waals surface area contributed by atoms with Crippen molar-refractivity contribution >= 4 is 31.9 Å². The molecule has 14 heavy (non-hydrogen) atoms. The Bertz CT molecular complexity index is 284. The van der Waals surface area contributed by atoms with Crippen molar-refractivity contribution in [2.75, 3.05) is 0 Å². The molecule has 1 aromatic carbocycles. The van der Waals surface area contributed by atoms with Gasteiger partial charge in [0.15, 0.2) is 0 Å². The normalized spacial score (nSPS) is 32.9. The Kier molecular flexibility index (Phi) is 3.67. The van der Waals surface area contributed by atoms with Crippen LogP contribution in [0.3, 0.4) is 0 Å².